The smallest absolute Gasteiger partial charge is 0.357 e. The molecule has 3 rings (SSSR count). The first-order chi connectivity index (χ1) is 13.9. The Hall–Kier alpha value is -3.17. The third kappa shape index (κ3) is 5.21. The van der Waals surface area contributed by atoms with E-state index in [1.807, 2.05) is 35.7 Å². The van der Waals surface area contributed by atoms with E-state index in [4.69, 9.17) is 0 Å². The number of pyridine rings is 1. The fourth-order valence-corrected chi connectivity index (χ4v) is 2.81. The predicted molar refractivity (Wildman–Crippen MR) is 101 cm³/mol. The molecule has 0 aliphatic rings. The molecular weight excluding hydrogens is 388 g/mol. The summed E-state index contributed by atoms with van der Waals surface area (Å²) in [4.78, 5) is 4.20. The summed E-state index contributed by atoms with van der Waals surface area (Å²) in [7, 11) is 0. The summed E-state index contributed by atoms with van der Waals surface area (Å²) in [5.41, 5.74) is -0.384. The molecule has 0 spiro atoms. The zero-order valence-corrected chi connectivity index (χ0v) is 15.7. The first kappa shape index (κ1) is 20.6. The Morgan fingerprint density at radius 1 is 1.14 bits per heavy atom. The van der Waals surface area contributed by atoms with Crippen molar-refractivity contribution in [2.45, 2.75) is 26.1 Å². The molecule has 3 aromatic rings. The van der Waals surface area contributed by atoms with Crippen molar-refractivity contribution >= 4 is 11.6 Å². The topological polar surface area (TPSA) is 66.6 Å². The third-order valence-corrected chi connectivity index (χ3v) is 4.15. The van der Waals surface area contributed by atoms with Crippen molar-refractivity contribution < 1.29 is 17.6 Å². The quantitative estimate of drug-likeness (QED) is 0.374. The fraction of sp³-hybridized carbons (Fsp3) is 0.316. The van der Waals surface area contributed by atoms with Gasteiger partial charge in [-0.2, -0.15) is 13.2 Å². The number of nitrogens with one attached hydrogen (secondary N) is 2. The Morgan fingerprint density at radius 3 is 2.72 bits per heavy atom. The van der Waals surface area contributed by atoms with Crippen molar-refractivity contribution in [3.8, 4) is 0 Å². The van der Waals surface area contributed by atoms with E-state index in [0.29, 0.717) is 31.5 Å². The lowest BCUT2D eigenvalue weighted by Gasteiger charge is -2.14. The zero-order chi connectivity index (χ0) is 20.9. The van der Waals surface area contributed by atoms with Gasteiger partial charge in [0, 0.05) is 25.7 Å². The molecule has 10 heteroatoms. The summed E-state index contributed by atoms with van der Waals surface area (Å²) in [5, 5.41) is 14.2. The van der Waals surface area contributed by atoms with Crippen molar-refractivity contribution in [3.63, 3.8) is 0 Å². The van der Waals surface area contributed by atoms with Crippen LogP contribution in [-0.4, -0.2) is 33.6 Å². The van der Waals surface area contributed by atoms with E-state index in [0.717, 1.165) is 23.6 Å². The van der Waals surface area contributed by atoms with E-state index >= 15 is 0 Å². The Balaban J connectivity index is 1.68. The SMILES string of the molecule is CCNC(=NCc1ccc(F)cc1C(F)(F)F)NCCc1nnc2ccccn12. The number of aromatic nitrogens is 3. The van der Waals surface area contributed by atoms with E-state index in [2.05, 4.69) is 25.8 Å². The van der Waals surface area contributed by atoms with Gasteiger partial charge in [0.15, 0.2) is 11.6 Å². The summed E-state index contributed by atoms with van der Waals surface area (Å²) in [6.07, 6.45) is -2.25. The first-order valence-corrected chi connectivity index (χ1v) is 9.05. The number of hydrogen-bond acceptors (Lipinski definition) is 3. The summed E-state index contributed by atoms with van der Waals surface area (Å²) in [6, 6.07) is 8.18. The lowest BCUT2D eigenvalue weighted by Crippen LogP contribution is -2.38. The van der Waals surface area contributed by atoms with Crippen LogP contribution in [0.1, 0.15) is 23.9 Å². The number of fused-ring (bicyclic) bond motifs is 1. The van der Waals surface area contributed by atoms with Crippen LogP contribution < -0.4 is 10.6 Å². The number of rotatable bonds is 6. The number of nitrogens with zero attached hydrogens (tertiary/aromatic N) is 4. The second-order valence-corrected chi connectivity index (χ2v) is 6.22. The Labute approximate surface area is 164 Å². The minimum Gasteiger partial charge on any atom is -0.357 e. The minimum atomic E-state index is -4.65. The highest BCUT2D eigenvalue weighted by atomic mass is 19.4. The molecule has 2 N–H and O–H groups in total. The van der Waals surface area contributed by atoms with E-state index in [1.54, 1.807) is 0 Å². The van der Waals surface area contributed by atoms with Gasteiger partial charge in [0.1, 0.15) is 11.6 Å². The van der Waals surface area contributed by atoms with Gasteiger partial charge in [-0.1, -0.05) is 12.1 Å². The van der Waals surface area contributed by atoms with Gasteiger partial charge in [-0.3, -0.25) is 4.40 Å². The average molecular weight is 408 g/mol. The van der Waals surface area contributed by atoms with Crippen LogP contribution in [-0.2, 0) is 19.1 Å². The molecule has 1 aromatic carbocycles. The van der Waals surface area contributed by atoms with Crippen molar-refractivity contribution in [3.05, 3.63) is 65.4 Å². The van der Waals surface area contributed by atoms with Crippen molar-refractivity contribution in [1.82, 2.24) is 25.2 Å². The highest BCUT2D eigenvalue weighted by Crippen LogP contribution is 2.32. The van der Waals surface area contributed by atoms with Gasteiger partial charge < -0.3 is 10.6 Å². The van der Waals surface area contributed by atoms with Crippen molar-refractivity contribution in [2.24, 2.45) is 4.99 Å². The maximum absolute atomic E-state index is 13.2. The molecule has 0 amide bonds. The number of benzene rings is 1. The van der Waals surface area contributed by atoms with Crippen LogP contribution in [0.3, 0.4) is 0 Å². The maximum Gasteiger partial charge on any atom is 0.416 e. The molecular formula is C19H20F4N6. The highest BCUT2D eigenvalue weighted by Gasteiger charge is 2.33. The monoisotopic (exact) mass is 408 g/mol. The highest BCUT2D eigenvalue weighted by molar-refractivity contribution is 5.79. The van der Waals surface area contributed by atoms with Crippen LogP contribution in [0.15, 0.2) is 47.6 Å². The lowest BCUT2D eigenvalue weighted by molar-refractivity contribution is -0.138. The van der Waals surface area contributed by atoms with E-state index in [9.17, 15) is 17.6 Å². The van der Waals surface area contributed by atoms with Crippen LogP contribution in [0.2, 0.25) is 0 Å². The van der Waals surface area contributed by atoms with Gasteiger partial charge in [0.25, 0.3) is 0 Å². The summed E-state index contributed by atoms with van der Waals surface area (Å²) >= 11 is 0. The number of alkyl halides is 3. The van der Waals surface area contributed by atoms with E-state index in [-0.39, 0.29) is 12.1 Å². The maximum atomic E-state index is 13.2. The van der Waals surface area contributed by atoms with Crippen LogP contribution in [0.25, 0.3) is 5.65 Å². The van der Waals surface area contributed by atoms with Crippen LogP contribution in [0.5, 0.6) is 0 Å². The molecule has 0 aliphatic carbocycles. The molecule has 0 aliphatic heterocycles. The van der Waals surface area contributed by atoms with Crippen LogP contribution in [0.4, 0.5) is 17.6 Å². The third-order valence-electron chi connectivity index (χ3n) is 4.15. The van der Waals surface area contributed by atoms with Crippen LogP contribution in [0, 0.1) is 5.82 Å². The van der Waals surface area contributed by atoms with Gasteiger partial charge in [-0.15, -0.1) is 10.2 Å². The molecule has 0 bridgehead atoms. The zero-order valence-electron chi connectivity index (χ0n) is 15.7. The summed E-state index contributed by atoms with van der Waals surface area (Å²) in [5.74, 6) is 0.177. The van der Waals surface area contributed by atoms with Gasteiger partial charge >= 0.3 is 6.18 Å². The molecule has 2 heterocycles. The average Bonchev–Trinajstić information content (AvgIpc) is 3.09. The molecule has 0 unspecified atom stereocenters. The molecule has 2 aromatic heterocycles. The molecule has 0 saturated heterocycles. The number of hydrogen-bond donors (Lipinski definition) is 2. The standard InChI is InChI=1S/C19H20F4N6/c1-2-24-18(25-9-8-17-28-27-16-5-3-4-10-29(16)17)26-12-13-6-7-14(20)11-15(13)19(21,22)23/h3-7,10-11H,2,8-9,12H2,1H3,(H2,24,25,26). The molecule has 0 saturated carbocycles. The number of guanidine groups is 1. The summed E-state index contributed by atoms with van der Waals surface area (Å²) < 4.78 is 54.5. The molecule has 6 nitrogen and oxygen atoms in total. The van der Waals surface area contributed by atoms with Gasteiger partial charge in [-0.05, 0) is 36.8 Å². The Kier molecular flexibility index (Phi) is 6.30. The largest absolute Gasteiger partial charge is 0.416 e. The first-order valence-electron chi connectivity index (χ1n) is 9.05. The van der Waals surface area contributed by atoms with E-state index in [1.165, 1.54) is 0 Å². The molecule has 0 atom stereocenters. The van der Waals surface area contributed by atoms with E-state index < -0.39 is 17.6 Å². The Morgan fingerprint density at radius 2 is 1.97 bits per heavy atom. The van der Waals surface area contributed by atoms with Crippen LogP contribution >= 0.6 is 0 Å². The minimum absolute atomic E-state index is 0.0976. The molecule has 0 radical (unpaired) electrons. The second-order valence-electron chi connectivity index (χ2n) is 6.22. The van der Waals surface area contributed by atoms with Crippen molar-refractivity contribution in [1.29, 1.82) is 0 Å². The van der Waals surface area contributed by atoms with Gasteiger partial charge in [0.2, 0.25) is 0 Å². The summed E-state index contributed by atoms with van der Waals surface area (Å²) in [6.45, 7) is 2.60. The molecule has 0 fully saturated rings. The second kappa shape index (κ2) is 8.89. The molecule has 29 heavy (non-hydrogen) atoms. The predicted octanol–water partition coefficient (Wildman–Crippen LogP) is 3.19. The molecule has 154 valence electrons. The Bertz CT molecular complexity index is 996. The number of halogens is 4. The van der Waals surface area contributed by atoms with Gasteiger partial charge in [0.05, 0.1) is 12.1 Å². The van der Waals surface area contributed by atoms with Crippen molar-refractivity contribution in [2.75, 3.05) is 13.1 Å². The van der Waals surface area contributed by atoms with Gasteiger partial charge in [-0.25, -0.2) is 9.38 Å². The normalized spacial score (nSPS) is 12.4. The fourth-order valence-electron chi connectivity index (χ4n) is 2.81. The number of aliphatic imine (C=N–C) groups is 1. The lowest BCUT2D eigenvalue weighted by atomic mass is 10.1.